The molecule has 0 aromatic heterocycles. The zero-order valence-corrected chi connectivity index (χ0v) is 10.6. The molecule has 1 fully saturated rings. The minimum Gasteiger partial charge on any atom is -0.453 e. The van der Waals surface area contributed by atoms with E-state index in [0.29, 0.717) is 23.7 Å². The molecule has 1 aromatic carbocycles. The van der Waals surface area contributed by atoms with Crippen molar-refractivity contribution in [2.75, 3.05) is 20.2 Å². The molecule has 1 unspecified atom stereocenters. The summed E-state index contributed by atoms with van der Waals surface area (Å²) in [6, 6.07) is 6.21. The van der Waals surface area contributed by atoms with Crippen LogP contribution in [0.2, 0.25) is 5.02 Å². The third-order valence-corrected chi connectivity index (χ3v) is 3.02. The van der Waals surface area contributed by atoms with Crippen LogP contribution in [0.5, 0.6) is 0 Å². The minimum absolute atomic E-state index is 0.228. The first-order valence-corrected chi connectivity index (χ1v) is 5.89. The summed E-state index contributed by atoms with van der Waals surface area (Å²) in [5, 5.41) is 3.25. The number of hydrogen-bond acceptors (Lipinski definition) is 3. The zero-order chi connectivity index (χ0) is 13.1. The summed E-state index contributed by atoms with van der Waals surface area (Å²) < 4.78 is 4.69. The fraction of sp³-hybridized carbons (Fsp3) is 0.333. The predicted molar refractivity (Wildman–Crippen MR) is 66.3 cm³/mol. The molecule has 1 aliphatic heterocycles. The number of nitrogens with zero attached hydrogens (tertiary/aromatic N) is 1. The van der Waals surface area contributed by atoms with Crippen LogP contribution in [0.3, 0.4) is 0 Å². The van der Waals surface area contributed by atoms with Crippen molar-refractivity contribution in [3.05, 3.63) is 34.9 Å². The van der Waals surface area contributed by atoms with E-state index in [1.165, 1.54) is 12.0 Å². The molecule has 1 atom stereocenters. The van der Waals surface area contributed by atoms with Crippen LogP contribution in [0.25, 0.3) is 0 Å². The monoisotopic (exact) mass is 268 g/mol. The van der Waals surface area contributed by atoms with Crippen molar-refractivity contribution in [2.24, 2.45) is 0 Å². The van der Waals surface area contributed by atoms with E-state index < -0.39 is 12.1 Å². The second kappa shape index (κ2) is 5.27. The van der Waals surface area contributed by atoms with Gasteiger partial charge in [-0.3, -0.25) is 9.69 Å². The summed E-state index contributed by atoms with van der Waals surface area (Å²) in [5.74, 6) is -0.228. The lowest BCUT2D eigenvalue weighted by Crippen LogP contribution is -2.52. The molecule has 0 aliphatic carbocycles. The first kappa shape index (κ1) is 12.7. The smallest absolute Gasteiger partial charge is 0.410 e. The zero-order valence-electron chi connectivity index (χ0n) is 9.85. The van der Waals surface area contributed by atoms with Gasteiger partial charge in [-0.2, -0.15) is 0 Å². The lowest BCUT2D eigenvalue weighted by Gasteiger charge is -2.34. The molecule has 6 heteroatoms. The summed E-state index contributed by atoms with van der Waals surface area (Å²) >= 11 is 5.91. The van der Waals surface area contributed by atoms with E-state index in [9.17, 15) is 9.59 Å². The topological polar surface area (TPSA) is 58.6 Å². The summed E-state index contributed by atoms with van der Waals surface area (Å²) in [6.07, 6.45) is -0.519. The Labute approximate surface area is 110 Å². The van der Waals surface area contributed by atoms with E-state index in [2.05, 4.69) is 5.32 Å². The van der Waals surface area contributed by atoms with Crippen LogP contribution in [0.15, 0.2) is 24.3 Å². The lowest BCUT2D eigenvalue weighted by molar-refractivity contribution is -0.128. The number of rotatable bonds is 1. The van der Waals surface area contributed by atoms with Gasteiger partial charge in [-0.25, -0.2) is 4.79 Å². The number of halogens is 1. The fourth-order valence-electron chi connectivity index (χ4n) is 1.99. The van der Waals surface area contributed by atoms with Gasteiger partial charge in [-0.05, 0) is 17.7 Å². The maximum Gasteiger partial charge on any atom is 0.410 e. The molecule has 0 bridgehead atoms. The third-order valence-electron chi connectivity index (χ3n) is 2.79. The van der Waals surface area contributed by atoms with Crippen LogP contribution in [0.1, 0.15) is 11.6 Å². The molecule has 2 amide bonds. The molecule has 1 saturated heterocycles. The number of hydrogen-bond donors (Lipinski definition) is 1. The predicted octanol–water partition coefficient (Wildman–Crippen LogP) is 1.58. The molecular formula is C12H13ClN2O3. The average molecular weight is 269 g/mol. The normalized spacial score (nSPS) is 19.3. The number of carbonyl (C=O) groups is 2. The standard InChI is InChI=1S/C12H13ClN2O3/c1-18-12(17)15-6-5-14-11(16)10(15)8-3-2-4-9(13)7-8/h2-4,7,10H,5-6H2,1H3,(H,14,16). The van der Waals surface area contributed by atoms with Gasteiger partial charge < -0.3 is 10.1 Å². The quantitative estimate of drug-likeness (QED) is 0.841. The van der Waals surface area contributed by atoms with Gasteiger partial charge in [0.1, 0.15) is 6.04 Å². The number of carbonyl (C=O) groups excluding carboxylic acids is 2. The van der Waals surface area contributed by atoms with Crippen molar-refractivity contribution >= 4 is 23.6 Å². The van der Waals surface area contributed by atoms with Crippen LogP contribution in [0, 0.1) is 0 Å². The van der Waals surface area contributed by atoms with Gasteiger partial charge in [0.15, 0.2) is 0 Å². The van der Waals surface area contributed by atoms with Gasteiger partial charge in [0.05, 0.1) is 7.11 Å². The van der Waals surface area contributed by atoms with E-state index in [-0.39, 0.29) is 5.91 Å². The van der Waals surface area contributed by atoms with Crippen LogP contribution in [0.4, 0.5) is 4.79 Å². The molecule has 1 aromatic rings. The number of methoxy groups -OCH3 is 1. The summed E-state index contributed by atoms with van der Waals surface area (Å²) in [7, 11) is 1.30. The Balaban J connectivity index is 2.36. The SMILES string of the molecule is COC(=O)N1CCNC(=O)C1c1cccc(Cl)c1. The van der Waals surface area contributed by atoms with Crippen molar-refractivity contribution in [1.82, 2.24) is 10.2 Å². The molecule has 1 aliphatic rings. The number of nitrogens with one attached hydrogen (secondary N) is 1. The fourth-order valence-corrected chi connectivity index (χ4v) is 2.19. The Morgan fingerprint density at radius 2 is 2.33 bits per heavy atom. The van der Waals surface area contributed by atoms with E-state index in [1.54, 1.807) is 24.3 Å². The first-order valence-electron chi connectivity index (χ1n) is 5.51. The van der Waals surface area contributed by atoms with Crippen molar-refractivity contribution in [3.63, 3.8) is 0 Å². The molecule has 5 nitrogen and oxygen atoms in total. The van der Waals surface area contributed by atoms with E-state index in [4.69, 9.17) is 16.3 Å². The molecule has 0 radical (unpaired) electrons. The Morgan fingerprint density at radius 3 is 3.00 bits per heavy atom. The third kappa shape index (κ3) is 2.41. The van der Waals surface area contributed by atoms with Gasteiger partial charge in [0.25, 0.3) is 0 Å². The minimum atomic E-state index is -0.690. The Morgan fingerprint density at radius 1 is 1.56 bits per heavy atom. The molecule has 0 spiro atoms. The highest BCUT2D eigenvalue weighted by molar-refractivity contribution is 6.30. The van der Waals surface area contributed by atoms with Gasteiger partial charge >= 0.3 is 6.09 Å². The average Bonchev–Trinajstić information content (AvgIpc) is 2.37. The maximum atomic E-state index is 11.9. The second-order valence-electron chi connectivity index (χ2n) is 3.91. The number of amides is 2. The van der Waals surface area contributed by atoms with Crippen molar-refractivity contribution in [1.29, 1.82) is 0 Å². The van der Waals surface area contributed by atoms with E-state index in [0.717, 1.165) is 0 Å². The van der Waals surface area contributed by atoms with Gasteiger partial charge in [0.2, 0.25) is 5.91 Å². The molecule has 18 heavy (non-hydrogen) atoms. The second-order valence-corrected chi connectivity index (χ2v) is 4.35. The first-order chi connectivity index (χ1) is 8.63. The molecular weight excluding hydrogens is 256 g/mol. The molecule has 1 heterocycles. The maximum absolute atomic E-state index is 11.9. The van der Waals surface area contributed by atoms with Crippen molar-refractivity contribution < 1.29 is 14.3 Å². The van der Waals surface area contributed by atoms with Crippen LogP contribution < -0.4 is 5.32 Å². The largest absolute Gasteiger partial charge is 0.453 e. The molecule has 96 valence electrons. The van der Waals surface area contributed by atoms with E-state index >= 15 is 0 Å². The highest BCUT2D eigenvalue weighted by Gasteiger charge is 2.34. The molecule has 0 saturated carbocycles. The van der Waals surface area contributed by atoms with Gasteiger partial charge in [-0.1, -0.05) is 23.7 Å². The number of benzene rings is 1. The highest BCUT2D eigenvalue weighted by atomic mass is 35.5. The van der Waals surface area contributed by atoms with Gasteiger partial charge in [0, 0.05) is 18.1 Å². The number of ether oxygens (including phenoxy) is 1. The summed E-state index contributed by atoms with van der Waals surface area (Å²) in [5.41, 5.74) is 0.671. The molecule has 1 N–H and O–H groups in total. The lowest BCUT2D eigenvalue weighted by atomic mass is 10.0. The summed E-state index contributed by atoms with van der Waals surface area (Å²) in [6.45, 7) is 0.834. The Kier molecular flexibility index (Phi) is 3.72. The highest BCUT2D eigenvalue weighted by Crippen LogP contribution is 2.25. The van der Waals surface area contributed by atoms with Crippen LogP contribution in [-0.4, -0.2) is 37.1 Å². The number of piperazine rings is 1. The Hall–Kier alpha value is -1.75. The molecule has 2 rings (SSSR count). The van der Waals surface area contributed by atoms with Crippen LogP contribution >= 0.6 is 11.6 Å². The van der Waals surface area contributed by atoms with Crippen molar-refractivity contribution in [3.8, 4) is 0 Å². The van der Waals surface area contributed by atoms with Crippen LogP contribution in [-0.2, 0) is 9.53 Å². The Bertz CT molecular complexity index is 478. The summed E-state index contributed by atoms with van der Waals surface area (Å²) in [4.78, 5) is 25.0. The van der Waals surface area contributed by atoms with Crippen molar-refractivity contribution in [2.45, 2.75) is 6.04 Å². The van der Waals surface area contributed by atoms with E-state index in [1.807, 2.05) is 0 Å². The van der Waals surface area contributed by atoms with Gasteiger partial charge in [-0.15, -0.1) is 0 Å².